The molecule has 0 unspecified atom stereocenters. The van der Waals surface area contributed by atoms with Crippen LogP contribution in [0, 0.1) is 0 Å². The lowest BCUT2D eigenvalue weighted by atomic mass is 9.86. The molecule has 0 bridgehead atoms. The van der Waals surface area contributed by atoms with E-state index in [0.717, 1.165) is 53.4 Å². The number of carbonyl (C=O) groups is 1. The summed E-state index contributed by atoms with van der Waals surface area (Å²) >= 11 is 5.95. The Morgan fingerprint density at radius 2 is 1.70 bits per heavy atom. The highest BCUT2D eigenvalue weighted by Crippen LogP contribution is 2.31. The number of ketones is 1. The van der Waals surface area contributed by atoms with Gasteiger partial charge in [0.15, 0.2) is 5.78 Å². The first-order chi connectivity index (χ1) is 11.2. The highest BCUT2D eigenvalue weighted by atomic mass is 35.5. The average Bonchev–Trinajstić information content (AvgIpc) is 2.59. The van der Waals surface area contributed by atoms with Crippen molar-refractivity contribution in [2.45, 2.75) is 25.7 Å². The maximum absolute atomic E-state index is 13.2. The van der Waals surface area contributed by atoms with Crippen molar-refractivity contribution in [2.75, 3.05) is 0 Å². The Kier molecular flexibility index (Phi) is 3.62. The molecular weight excluding hydrogens is 306 g/mol. The molecule has 0 aliphatic heterocycles. The lowest BCUT2D eigenvalue weighted by molar-refractivity contribution is 0.103. The van der Waals surface area contributed by atoms with Gasteiger partial charge in [-0.1, -0.05) is 29.8 Å². The van der Waals surface area contributed by atoms with Gasteiger partial charge in [0.2, 0.25) is 0 Å². The van der Waals surface area contributed by atoms with E-state index in [4.69, 9.17) is 16.6 Å². The summed E-state index contributed by atoms with van der Waals surface area (Å²) in [7, 11) is 0. The van der Waals surface area contributed by atoms with Crippen molar-refractivity contribution in [3.63, 3.8) is 0 Å². The predicted octanol–water partition coefficient (Wildman–Crippen LogP) is 5.00. The van der Waals surface area contributed by atoms with E-state index < -0.39 is 0 Å². The summed E-state index contributed by atoms with van der Waals surface area (Å²) in [5.41, 5.74) is 4.64. The van der Waals surface area contributed by atoms with Crippen molar-refractivity contribution in [2.24, 2.45) is 0 Å². The zero-order chi connectivity index (χ0) is 15.8. The summed E-state index contributed by atoms with van der Waals surface area (Å²) in [6.07, 6.45) is 4.16. The predicted molar refractivity (Wildman–Crippen MR) is 93.3 cm³/mol. The Labute approximate surface area is 140 Å². The van der Waals surface area contributed by atoms with E-state index >= 15 is 0 Å². The molecule has 0 atom stereocenters. The van der Waals surface area contributed by atoms with E-state index in [-0.39, 0.29) is 5.78 Å². The molecular formula is C20H16ClNO. The summed E-state index contributed by atoms with van der Waals surface area (Å²) in [6.45, 7) is 0. The van der Waals surface area contributed by atoms with E-state index in [1.54, 1.807) is 24.3 Å². The molecule has 2 aromatic carbocycles. The highest BCUT2D eigenvalue weighted by molar-refractivity contribution is 6.30. The first-order valence-corrected chi connectivity index (χ1v) is 8.32. The fourth-order valence-electron chi connectivity index (χ4n) is 3.38. The van der Waals surface area contributed by atoms with Crippen molar-refractivity contribution in [1.82, 2.24) is 4.98 Å². The van der Waals surface area contributed by atoms with Crippen LogP contribution < -0.4 is 0 Å². The summed E-state index contributed by atoms with van der Waals surface area (Å²) in [6, 6.07) is 15.1. The first kappa shape index (κ1) is 14.4. The Bertz CT molecular complexity index is 899. The normalized spacial score (nSPS) is 13.8. The van der Waals surface area contributed by atoms with Crippen LogP contribution in [-0.4, -0.2) is 10.8 Å². The number of nitrogens with zero attached hydrogens (tertiary/aromatic N) is 1. The molecule has 3 heteroatoms. The Morgan fingerprint density at radius 3 is 2.52 bits per heavy atom. The molecule has 0 radical (unpaired) electrons. The SMILES string of the molecule is O=C(c1ccc(Cl)cc1)c1c2c(nc3ccccc13)CCCC2. The van der Waals surface area contributed by atoms with Crippen molar-refractivity contribution in [1.29, 1.82) is 0 Å². The molecule has 0 N–H and O–H groups in total. The van der Waals surface area contributed by atoms with Crippen LogP contribution in [0.5, 0.6) is 0 Å². The number of para-hydroxylation sites is 1. The summed E-state index contributed by atoms with van der Waals surface area (Å²) in [4.78, 5) is 18.0. The van der Waals surface area contributed by atoms with E-state index in [0.29, 0.717) is 10.6 Å². The van der Waals surface area contributed by atoms with Crippen LogP contribution in [0.4, 0.5) is 0 Å². The molecule has 0 fully saturated rings. The van der Waals surface area contributed by atoms with Gasteiger partial charge in [0.05, 0.1) is 5.52 Å². The largest absolute Gasteiger partial charge is 0.289 e. The quantitative estimate of drug-likeness (QED) is 0.622. The number of halogens is 1. The monoisotopic (exact) mass is 321 g/mol. The minimum atomic E-state index is 0.0680. The Hall–Kier alpha value is -2.19. The van der Waals surface area contributed by atoms with E-state index in [2.05, 4.69) is 0 Å². The summed E-state index contributed by atoms with van der Waals surface area (Å²) in [5.74, 6) is 0.0680. The van der Waals surface area contributed by atoms with Gasteiger partial charge in [-0.2, -0.15) is 0 Å². The number of carbonyl (C=O) groups excluding carboxylic acids is 1. The van der Waals surface area contributed by atoms with Gasteiger partial charge in [0.1, 0.15) is 0 Å². The number of hydrogen-bond donors (Lipinski definition) is 0. The van der Waals surface area contributed by atoms with Gasteiger partial charge >= 0.3 is 0 Å². The van der Waals surface area contributed by atoms with E-state index in [9.17, 15) is 4.79 Å². The molecule has 1 aliphatic carbocycles. The van der Waals surface area contributed by atoms with E-state index in [1.165, 1.54) is 0 Å². The third kappa shape index (κ3) is 2.53. The standard InChI is InChI=1S/C20H16ClNO/c21-14-11-9-13(10-12-14)20(23)19-15-5-1-3-7-17(15)22-18-8-4-2-6-16(18)19/h1,3,5,7,9-12H,2,4,6,8H2. The Balaban J connectivity index is 1.97. The minimum absolute atomic E-state index is 0.0680. The van der Waals surface area contributed by atoms with Crippen molar-refractivity contribution < 1.29 is 4.79 Å². The second-order valence-electron chi connectivity index (χ2n) is 5.97. The number of pyridine rings is 1. The van der Waals surface area contributed by atoms with Gasteiger partial charge in [-0.25, -0.2) is 0 Å². The molecule has 3 aromatic rings. The van der Waals surface area contributed by atoms with Crippen LogP contribution in [0.3, 0.4) is 0 Å². The van der Waals surface area contributed by atoms with Gasteiger partial charge in [-0.15, -0.1) is 0 Å². The molecule has 0 amide bonds. The van der Waals surface area contributed by atoms with Crippen LogP contribution in [0.1, 0.15) is 40.0 Å². The number of aryl methyl sites for hydroxylation is 1. The number of benzene rings is 2. The van der Waals surface area contributed by atoms with Gasteiger partial charge in [0, 0.05) is 27.2 Å². The molecule has 23 heavy (non-hydrogen) atoms. The van der Waals surface area contributed by atoms with Crippen molar-refractivity contribution in [3.05, 3.63) is 75.9 Å². The number of hydrogen-bond acceptors (Lipinski definition) is 2. The number of aromatic nitrogens is 1. The molecule has 1 heterocycles. The lowest BCUT2D eigenvalue weighted by Crippen LogP contribution is -2.14. The molecule has 2 nitrogen and oxygen atoms in total. The molecule has 4 rings (SSSR count). The fourth-order valence-corrected chi connectivity index (χ4v) is 3.50. The second kappa shape index (κ2) is 5.78. The van der Waals surface area contributed by atoms with Gasteiger partial charge in [-0.3, -0.25) is 9.78 Å². The Morgan fingerprint density at radius 1 is 0.957 bits per heavy atom. The smallest absolute Gasteiger partial charge is 0.194 e. The maximum atomic E-state index is 13.2. The van der Waals surface area contributed by atoms with Crippen LogP contribution >= 0.6 is 11.6 Å². The zero-order valence-corrected chi connectivity index (χ0v) is 13.4. The average molecular weight is 322 g/mol. The topological polar surface area (TPSA) is 30.0 Å². The lowest BCUT2D eigenvalue weighted by Gasteiger charge is -2.20. The van der Waals surface area contributed by atoms with E-state index in [1.807, 2.05) is 24.3 Å². The number of fused-ring (bicyclic) bond motifs is 2. The number of rotatable bonds is 2. The molecule has 1 aliphatic rings. The van der Waals surface area contributed by atoms with Crippen LogP contribution in [0.15, 0.2) is 48.5 Å². The van der Waals surface area contributed by atoms with Crippen molar-refractivity contribution >= 4 is 28.3 Å². The highest BCUT2D eigenvalue weighted by Gasteiger charge is 2.23. The maximum Gasteiger partial charge on any atom is 0.194 e. The minimum Gasteiger partial charge on any atom is -0.289 e. The second-order valence-corrected chi connectivity index (χ2v) is 6.41. The molecule has 114 valence electrons. The molecule has 0 saturated carbocycles. The van der Waals surface area contributed by atoms with Gasteiger partial charge in [-0.05, 0) is 61.6 Å². The van der Waals surface area contributed by atoms with Crippen molar-refractivity contribution in [3.8, 4) is 0 Å². The van der Waals surface area contributed by atoms with Gasteiger partial charge < -0.3 is 0 Å². The molecule has 1 aromatic heterocycles. The van der Waals surface area contributed by atoms with Gasteiger partial charge in [0.25, 0.3) is 0 Å². The zero-order valence-electron chi connectivity index (χ0n) is 12.7. The van der Waals surface area contributed by atoms with Crippen LogP contribution in [0.2, 0.25) is 5.02 Å². The summed E-state index contributed by atoms with van der Waals surface area (Å²) in [5, 5.41) is 1.59. The van der Waals surface area contributed by atoms with Crippen LogP contribution in [-0.2, 0) is 12.8 Å². The molecule has 0 spiro atoms. The summed E-state index contributed by atoms with van der Waals surface area (Å²) < 4.78 is 0. The third-order valence-corrected chi connectivity index (χ3v) is 4.75. The fraction of sp³-hybridized carbons (Fsp3) is 0.200. The first-order valence-electron chi connectivity index (χ1n) is 7.95. The van der Waals surface area contributed by atoms with Crippen LogP contribution in [0.25, 0.3) is 10.9 Å². The molecule has 0 saturated heterocycles. The third-order valence-electron chi connectivity index (χ3n) is 4.50.